The fourth-order valence-corrected chi connectivity index (χ4v) is 1.01. The van der Waals surface area contributed by atoms with Crippen LogP contribution in [-0.2, 0) is 0 Å². The predicted molar refractivity (Wildman–Crippen MR) is 47.8 cm³/mol. The zero-order chi connectivity index (χ0) is 9.84. The normalized spacial score (nSPS) is 12.8. The molecule has 4 heteroatoms. The molecule has 1 aromatic rings. The third-order valence-electron chi connectivity index (χ3n) is 1.82. The van der Waals surface area contributed by atoms with E-state index in [0.717, 1.165) is 0 Å². The number of aliphatic hydroxyl groups is 1. The summed E-state index contributed by atoms with van der Waals surface area (Å²) in [6.45, 7) is 4.01. The third kappa shape index (κ3) is 2.30. The van der Waals surface area contributed by atoms with Crippen LogP contribution in [0.15, 0.2) is 12.4 Å². The van der Waals surface area contributed by atoms with Gasteiger partial charge in [-0.3, -0.25) is 4.68 Å². The van der Waals surface area contributed by atoms with E-state index in [1.807, 2.05) is 19.9 Å². The van der Waals surface area contributed by atoms with Crippen LogP contribution >= 0.6 is 0 Å². The van der Waals surface area contributed by atoms with Crippen molar-refractivity contribution >= 4 is 0 Å². The number of aliphatic hydroxyl groups excluding tert-OH is 1. The molecule has 0 aromatic carbocycles. The molecule has 0 aliphatic heterocycles. The molecular weight excluding hydrogens is 166 g/mol. The summed E-state index contributed by atoms with van der Waals surface area (Å²) in [5.41, 5.74) is 0.704. The average molecular weight is 179 g/mol. The van der Waals surface area contributed by atoms with Crippen molar-refractivity contribution in [3.8, 4) is 6.07 Å². The van der Waals surface area contributed by atoms with Crippen LogP contribution in [0.2, 0.25) is 0 Å². The minimum atomic E-state index is -0.711. The molecule has 1 unspecified atom stereocenters. The molecule has 0 bridgehead atoms. The molecule has 0 aliphatic carbocycles. The largest absolute Gasteiger partial charge is 0.387 e. The highest BCUT2D eigenvalue weighted by molar-refractivity contribution is 5.09. The molecule has 0 saturated heterocycles. The van der Waals surface area contributed by atoms with E-state index in [1.165, 1.54) is 0 Å². The van der Waals surface area contributed by atoms with Gasteiger partial charge in [0.15, 0.2) is 0 Å². The summed E-state index contributed by atoms with van der Waals surface area (Å²) in [4.78, 5) is 0. The Morgan fingerprint density at radius 1 is 1.69 bits per heavy atom. The van der Waals surface area contributed by atoms with E-state index < -0.39 is 6.10 Å². The van der Waals surface area contributed by atoms with Crippen LogP contribution in [0.4, 0.5) is 0 Å². The van der Waals surface area contributed by atoms with Crippen molar-refractivity contribution in [2.45, 2.75) is 32.4 Å². The maximum atomic E-state index is 9.44. The lowest BCUT2D eigenvalue weighted by Gasteiger charge is -2.04. The Kier molecular flexibility index (Phi) is 3.04. The van der Waals surface area contributed by atoms with Gasteiger partial charge in [-0.15, -0.1) is 0 Å². The van der Waals surface area contributed by atoms with E-state index >= 15 is 0 Å². The first-order valence-corrected chi connectivity index (χ1v) is 4.24. The van der Waals surface area contributed by atoms with Crippen molar-refractivity contribution in [2.24, 2.45) is 0 Å². The number of nitriles is 1. The quantitative estimate of drug-likeness (QED) is 0.763. The molecule has 0 spiro atoms. The van der Waals surface area contributed by atoms with Crippen LogP contribution in [0.3, 0.4) is 0 Å². The molecule has 70 valence electrons. The second kappa shape index (κ2) is 4.06. The average Bonchev–Trinajstić information content (AvgIpc) is 2.52. The highest BCUT2D eigenvalue weighted by Gasteiger charge is 2.10. The first-order chi connectivity index (χ1) is 6.15. The number of rotatable bonds is 3. The summed E-state index contributed by atoms with van der Waals surface area (Å²) in [6.07, 6.45) is 2.77. The molecule has 1 heterocycles. The van der Waals surface area contributed by atoms with Crippen LogP contribution in [0, 0.1) is 11.3 Å². The van der Waals surface area contributed by atoms with Gasteiger partial charge in [0, 0.05) is 17.8 Å². The first-order valence-electron chi connectivity index (χ1n) is 4.24. The fraction of sp³-hybridized carbons (Fsp3) is 0.556. The van der Waals surface area contributed by atoms with Crippen molar-refractivity contribution in [1.82, 2.24) is 9.78 Å². The molecule has 1 aromatic heterocycles. The van der Waals surface area contributed by atoms with Gasteiger partial charge in [-0.1, -0.05) is 0 Å². The zero-order valence-corrected chi connectivity index (χ0v) is 7.81. The Hall–Kier alpha value is -1.34. The predicted octanol–water partition coefficient (Wildman–Crippen LogP) is 1.41. The number of aromatic nitrogens is 2. The van der Waals surface area contributed by atoms with Gasteiger partial charge in [0.2, 0.25) is 0 Å². The monoisotopic (exact) mass is 179 g/mol. The van der Waals surface area contributed by atoms with Gasteiger partial charge in [0.1, 0.15) is 0 Å². The summed E-state index contributed by atoms with van der Waals surface area (Å²) >= 11 is 0. The van der Waals surface area contributed by atoms with Gasteiger partial charge in [-0.2, -0.15) is 10.4 Å². The smallest absolute Gasteiger partial charge is 0.0950 e. The highest BCUT2D eigenvalue weighted by atomic mass is 16.3. The van der Waals surface area contributed by atoms with E-state index in [4.69, 9.17) is 5.26 Å². The zero-order valence-electron chi connectivity index (χ0n) is 7.81. The van der Waals surface area contributed by atoms with E-state index in [0.29, 0.717) is 5.56 Å². The second-order valence-corrected chi connectivity index (χ2v) is 3.23. The van der Waals surface area contributed by atoms with Gasteiger partial charge in [-0.25, -0.2) is 0 Å². The molecule has 1 N–H and O–H groups in total. The van der Waals surface area contributed by atoms with Crippen LogP contribution in [0.1, 0.15) is 38.0 Å². The standard InChI is InChI=1S/C9H13N3O/c1-7(2)12-6-8(5-11-12)9(13)3-4-10/h5-7,9,13H,3H2,1-2H3. The van der Waals surface area contributed by atoms with Crippen molar-refractivity contribution in [2.75, 3.05) is 0 Å². The van der Waals surface area contributed by atoms with Gasteiger partial charge >= 0.3 is 0 Å². The lowest BCUT2D eigenvalue weighted by Crippen LogP contribution is -2.00. The summed E-state index contributed by atoms with van der Waals surface area (Å²) in [5.74, 6) is 0. The molecule has 0 amide bonds. The third-order valence-corrected chi connectivity index (χ3v) is 1.82. The maximum Gasteiger partial charge on any atom is 0.0950 e. The van der Waals surface area contributed by atoms with E-state index in [-0.39, 0.29) is 12.5 Å². The molecule has 4 nitrogen and oxygen atoms in total. The Morgan fingerprint density at radius 3 is 2.85 bits per heavy atom. The topological polar surface area (TPSA) is 61.8 Å². The summed E-state index contributed by atoms with van der Waals surface area (Å²) < 4.78 is 1.76. The minimum absolute atomic E-state index is 0.115. The maximum absolute atomic E-state index is 9.44. The lowest BCUT2D eigenvalue weighted by atomic mass is 10.1. The summed E-state index contributed by atoms with van der Waals surface area (Å²) in [7, 11) is 0. The summed E-state index contributed by atoms with van der Waals surface area (Å²) in [5, 5.41) is 21.9. The van der Waals surface area contributed by atoms with Gasteiger partial charge in [0.25, 0.3) is 0 Å². The van der Waals surface area contributed by atoms with E-state index in [1.54, 1.807) is 17.1 Å². The number of nitrogens with zero attached hydrogens (tertiary/aromatic N) is 3. The van der Waals surface area contributed by atoms with E-state index in [2.05, 4.69) is 5.10 Å². The van der Waals surface area contributed by atoms with Crippen molar-refractivity contribution in [3.05, 3.63) is 18.0 Å². The van der Waals surface area contributed by atoms with Crippen LogP contribution in [0.25, 0.3) is 0 Å². The van der Waals surface area contributed by atoms with Gasteiger partial charge in [0.05, 0.1) is 24.8 Å². The molecule has 13 heavy (non-hydrogen) atoms. The molecular formula is C9H13N3O. The molecule has 1 atom stereocenters. The Labute approximate surface area is 77.4 Å². The fourth-order valence-electron chi connectivity index (χ4n) is 1.01. The minimum Gasteiger partial charge on any atom is -0.387 e. The molecule has 0 aliphatic rings. The molecule has 0 fully saturated rings. The van der Waals surface area contributed by atoms with Crippen LogP contribution in [-0.4, -0.2) is 14.9 Å². The molecule has 0 radical (unpaired) electrons. The van der Waals surface area contributed by atoms with E-state index in [9.17, 15) is 5.11 Å². The highest BCUT2D eigenvalue weighted by Crippen LogP contribution is 2.16. The first kappa shape index (κ1) is 9.75. The number of hydrogen-bond acceptors (Lipinski definition) is 3. The molecule has 0 saturated carbocycles. The van der Waals surface area contributed by atoms with Crippen molar-refractivity contribution < 1.29 is 5.11 Å². The van der Waals surface area contributed by atoms with Crippen LogP contribution < -0.4 is 0 Å². The Morgan fingerprint density at radius 2 is 2.38 bits per heavy atom. The van der Waals surface area contributed by atoms with Gasteiger partial charge < -0.3 is 5.11 Å². The Bertz CT molecular complexity index is 311. The van der Waals surface area contributed by atoms with Crippen LogP contribution in [0.5, 0.6) is 0 Å². The van der Waals surface area contributed by atoms with Gasteiger partial charge in [-0.05, 0) is 13.8 Å². The summed E-state index contributed by atoms with van der Waals surface area (Å²) in [6, 6.07) is 2.20. The number of hydrogen-bond donors (Lipinski definition) is 1. The van der Waals surface area contributed by atoms with Crippen molar-refractivity contribution in [1.29, 1.82) is 5.26 Å². The lowest BCUT2D eigenvalue weighted by molar-refractivity contribution is 0.183. The second-order valence-electron chi connectivity index (χ2n) is 3.23. The molecule has 1 rings (SSSR count). The van der Waals surface area contributed by atoms with Crippen molar-refractivity contribution in [3.63, 3.8) is 0 Å². The SMILES string of the molecule is CC(C)n1cc(C(O)CC#N)cn1. The Balaban J connectivity index is 2.74.